The van der Waals surface area contributed by atoms with Crippen LogP contribution in [0.5, 0.6) is 0 Å². The van der Waals surface area contributed by atoms with E-state index in [1.54, 1.807) is 0 Å². The number of rotatable bonds is 6. The maximum absolute atomic E-state index is 7.16. The van der Waals surface area contributed by atoms with E-state index in [1.165, 1.54) is 59.7 Å². The van der Waals surface area contributed by atoms with E-state index >= 15 is 0 Å². The molecule has 0 radical (unpaired) electrons. The van der Waals surface area contributed by atoms with Crippen LogP contribution in [0.1, 0.15) is 11.1 Å². The van der Waals surface area contributed by atoms with E-state index in [4.69, 9.17) is 12.8 Å². The Morgan fingerprint density at radius 2 is 0.639 bits per heavy atom. The number of hydrogen-bond donors (Lipinski definition) is 0. The van der Waals surface area contributed by atoms with Crippen molar-refractivity contribution in [3.8, 4) is 11.8 Å². The summed E-state index contributed by atoms with van der Waals surface area (Å²) in [5.74, 6) is 6.10. The molecule has 304 valence electrons. The minimum absolute atomic E-state index is 0. The summed E-state index contributed by atoms with van der Waals surface area (Å²) in [5, 5.41) is 11.0. The first-order valence-electron chi connectivity index (χ1n) is 19.8. The van der Waals surface area contributed by atoms with Gasteiger partial charge in [-0.3, -0.25) is 11.8 Å². The van der Waals surface area contributed by atoms with Crippen molar-refractivity contribution in [1.82, 2.24) is 9.13 Å². The monoisotopic (exact) mass is 1010 g/mol. The molecular formula is C55H44Ag2N2P2+2. The molecule has 0 saturated heterocycles. The molecule has 0 aliphatic rings. The molecule has 2 aromatic heterocycles. The zero-order valence-electron chi connectivity index (χ0n) is 33.8. The molecule has 0 bridgehead atoms. The van der Waals surface area contributed by atoms with Gasteiger partial charge in [-0.15, -0.1) is 35.4 Å². The van der Waals surface area contributed by atoms with Crippen LogP contribution in [0.4, 0.5) is 0 Å². The molecular weight excluding hydrogens is 966 g/mol. The predicted molar refractivity (Wildman–Crippen MR) is 259 cm³/mol. The van der Waals surface area contributed by atoms with Crippen molar-refractivity contribution in [2.45, 2.75) is 0 Å². The number of aromatic nitrogens is 2. The Bertz CT molecular complexity index is 2780. The van der Waals surface area contributed by atoms with Crippen LogP contribution in [0.25, 0.3) is 43.6 Å². The van der Waals surface area contributed by atoms with Gasteiger partial charge < -0.3 is 22.0 Å². The van der Waals surface area contributed by atoms with Crippen molar-refractivity contribution in [1.29, 1.82) is 0 Å². The van der Waals surface area contributed by atoms with Gasteiger partial charge >= 0.3 is 44.8 Å². The Morgan fingerprint density at radius 1 is 0.361 bits per heavy atom. The molecule has 0 unspecified atom stereocenters. The zero-order chi connectivity index (χ0) is 40.6. The third-order valence-electron chi connectivity index (χ3n) is 11.0. The molecule has 10 rings (SSSR count). The first-order chi connectivity index (χ1) is 29.0. The van der Waals surface area contributed by atoms with E-state index in [0.717, 1.165) is 22.2 Å². The average Bonchev–Trinajstić information content (AvgIpc) is 3.77. The topological polar surface area (TPSA) is 9.86 Å². The quantitative estimate of drug-likeness (QED) is 0.0680. The summed E-state index contributed by atoms with van der Waals surface area (Å²) >= 11 is 0. The van der Waals surface area contributed by atoms with Crippen LogP contribution in [0.2, 0.25) is 0 Å². The number of fused-ring (bicyclic) bond motifs is 6. The van der Waals surface area contributed by atoms with Crippen LogP contribution < -0.4 is 21.2 Å². The van der Waals surface area contributed by atoms with Gasteiger partial charge in [0.25, 0.3) is 0 Å². The van der Waals surface area contributed by atoms with E-state index in [9.17, 15) is 0 Å². The fourth-order valence-electron chi connectivity index (χ4n) is 7.95. The predicted octanol–water partition coefficient (Wildman–Crippen LogP) is 11.2. The minimum Gasteiger partial charge on any atom is -0.366 e. The van der Waals surface area contributed by atoms with Gasteiger partial charge in [-0.2, -0.15) is 0 Å². The summed E-state index contributed by atoms with van der Waals surface area (Å²) in [6, 6.07) is 73.1. The SMILES string of the molecule is [Ag+].[Ag+].[C-]#Cc1ccc2c3ccccc3n(C)c2c1.[C-]#Cc1ccc2c3ccccc3n(C)c2c1.c1ccc([PH+](C[PH+](c2ccccc2)c2ccccc2)c2ccccc2)cc1. The summed E-state index contributed by atoms with van der Waals surface area (Å²) in [6.45, 7) is 0. The van der Waals surface area contributed by atoms with Gasteiger partial charge in [0.1, 0.15) is 37.1 Å². The van der Waals surface area contributed by atoms with Crippen LogP contribution in [-0.4, -0.2) is 15.0 Å². The first kappa shape index (κ1) is 45.4. The fraction of sp³-hybridized carbons (Fsp3) is 0.0545. The molecule has 0 fully saturated rings. The molecule has 0 saturated carbocycles. The number of aryl methyl sites for hydroxylation is 2. The van der Waals surface area contributed by atoms with E-state index < -0.39 is 15.8 Å². The number of hydrogen-bond acceptors (Lipinski definition) is 0. The molecule has 0 aliphatic heterocycles. The largest absolute Gasteiger partial charge is 1.00 e. The molecule has 0 spiro atoms. The number of benzene rings is 8. The second-order valence-corrected chi connectivity index (χ2v) is 20.1. The van der Waals surface area contributed by atoms with E-state index in [0.29, 0.717) is 0 Å². The van der Waals surface area contributed by atoms with E-state index in [-0.39, 0.29) is 44.8 Å². The van der Waals surface area contributed by atoms with Gasteiger partial charge in [0.2, 0.25) is 0 Å². The molecule has 0 atom stereocenters. The summed E-state index contributed by atoms with van der Waals surface area (Å²) in [7, 11) is 2.41. The third kappa shape index (κ3) is 10.1. The Balaban J connectivity index is 0.000000159. The van der Waals surface area contributed by atoms with Gasteiger partial charge in [-0.1, -0.05) is 121 Å². The maximum Gasteiger partial charge on any atom is 1.00 e. The molecule has 0 aliphatic carbocycles. The molecule has 61 heavy (non-hydrogen) atoms. The fourth-order valence-corrected chi connectivity index (χ4v) is 15.7. The normalized spacial score (nSPS) is 10.5. The number of para-hydroxylation sites is 2. The molecule has 0 amide bonds. The van der Waals surface area contributed by atoms with Crippen LogP contribution in [-0.2, 0) is 58.9 Å². The Hall–Kier alpha value is -5.18. The molecule has 8 aromatic carbocycles. The summed E-state index contributed by atoms with van der Waals surface area (Å²) < 4.78 is 4.32. The van der Waals surface area contributed by atoms with Gasteiger partial charge in [0.05, 0.1) is 0 Å². The van der Waals surface area contributed by atoms with E-state index in [1.807, 2.05) is 36.4 Å². The second kappa shape index (κ2) is 21.6. The molecule has 10 aromatic rings. The van der Waals surface area contributed by atoms with Crippen molar-refractivity contribution in [3.05, 3.63) is 230 Å². The van der Waals surface area contributed by atoms with Crippen LogP contribution in [0, 0.1) is 24.7 Å². The van der Waals surface area contributed by atoms with Crippen molar-refractivity contribution in [3.63, 3.8) is 0 Å². The van der Waals surface area contributed by atoms with Gasteiger partial charge in [-0.05, 0) is 60.7 Å². The number of nitrogens with zero attached hydrogens (tertiary/aromatic N) is 2. The van der Waals surface area contributed by atoms with Crippen molar-refractivity contribution in [2.24, 2.45) is 14.1 Å². The Kier molecular flexibility index (Phi) is 16.0. The first-order valence-corrected chi connectivity index (χ1v) is 23.2. The van der Waals surface area contributed by atoms with Crippen LogP contribution in [0.3, 0.4) is 0 Å². The Labute approximate surface area is 393 Å². The van der Waals surface area contributed by atoms with Crippen molar-refractivity contribution >= 4 is 80.7 Å². The third-order valence-corrected chi connectivity index (χ3v) is 17.9. The van der Waals surface area contributed by atoms with Gasteiger partial charge in [0, 0.05) is 57.7 Å². The van der Waals surface area contributed by atoms with Crippen molar-refractivity contribution < 1.29 is 44.8 Å². The minimum atomic E-state index is -0.847. The molecule has 0 N–H and O–H groups in total. The van der Waals surface area contributed by atoms with Gasteiger partial charge in [-0.25, -0.2) is 0 Å². The molecule has 2 heterocycles. The second-order valence-electron chi connectivity index (χ2n) is 14.5. The van der Waals surface area contributed by atoms with Crippen LogP contribution in [0.15, 0.2) is 206 Å². The summed E-state index contributed by atoms with van der Waals surface area (Å²) in [6.07, 6.45) is 14.3. The van der Waals surface area contributed by atoms with E-state index in [2.05, 4.69) is 205 Å². The molecule has 6 heteroatoms. The zero-order valence-corrected chi connectivity index (χ0v) is 38.8. The standard InChI is InChI=1S/C25H22P2.2C15H10N.2Ag/c1-5-13-22(14-6-1)26(23-15-7-2-8-16-23)21-27(24-17-9-3-10-18-24)25-19-11-4-12-20-25;2*1-3-11-8-9-13-12-6-4-5-7-14(12)16(2)15(13)10-11;;/h1-20H,21H2;2*4-10H,2H3;;/q;2*-1;2*+1/p+2. The average molecular weight is 1010 g/mol. The van der Waals surface area contributed by atoms with Crippen LogP contribution >= 0.6 is 15.8 Å². The Morgan fingerprint density at radius 3 is 0.951 bits per heavy atom. The van der Waals surface area contributed by atoms with Gasteiger partial charge in [0.15, 0.2) is 5.90 Å². The molecule has 2 nitrogen and oxygen atoms in total. The maximum atomic E-state index is 7.16. The van der Waals surface area contributed by atoms with Crippen molar-refractivity contribution in [2.75, 3.05) is 5.90 Å². The summed E-state index contributed by atoms with van der Waals surface area (Å²) in [4.78, 5) is 0. The summed E-state index contributed by atoms with van der Waals surface area (Å²) in [5.41, 5.74) is 6.38. The smallest absolute Gasteiger partial charge is 0.366 e.